The molecule has 0 aliphatic heterocycles. The van der Waals surface area contributed by atoms with E-state index in [2.05, 4.69) is 15.5 Å². The zero-order chi connectivity index (χ0) is 17.0. The van der Waals surface area contributed by atoms with Gasteiger partial charge in [0.2, 0.25) is 5.91 Å². The summed E-state index contributed by atoms with van der Waals surface area (Å²) in [5.74, 6) is -0.248. The number of nitrogens with one attached hydrogen (secondary N) is 1. The molecule has 0 atom stereocenters. The van der Waals surface area contributed by atoms with E-state index in [-0.39, 0.29) is 17.2 Å². The number of hydrazone groups is 1. The van der Waals surface area contributed by atoms with E-state index < -0.39 is 9.84 Å². The predicted octanol–water partition coefficient (Wildman–Crippen LogP) is 1.94. The molecular formula is C15H17N3O3S2. The number of benzene rings is 1. The molecule has 1 aromatic carbocycles. The zero-order valence-corrected chi connectivity index (χ0v) is 14.7. The van der Waals surface area contributed by atoms with Crippen LogP contribution in [0.1, 0.15) is 23.2 Å². The lowest BCUT2D eigenvalue weighted by Gasteiger charge is -2.04. The van der Waals surface area contributed by atoms with Gasteiger partial charge in [-0.15, -0.1) is 11.3 Å². The van der Waals surface area contributed by atoms with E-state index in [4.69, 9.17) is 0 Å². The van der Waals surface area contributed by atoms with Gasteiger partial charge < -0.3 is 0 Å². The Morgan fingerprint density at radius 2 is 1.96 bits per heavy atom. The minimum atomic E-state index is -3.22. The van der Waals surface area contributed by atoms with Crippen LogP contribution in [-0.2, 0) is 21.1 Å². The Kier molecular flexibility index (Phi) is 5.27. The van der Waals surface area contributed by atoms with Crippen LogP contribution in [0.15, 0.2) is 39.6 Å². The number of hydrogen-bond acceptors (Lipinski definition) is 6. The average molecular weight is 351 g/mol. The molecule has 0 radical (unpaired) electrons. The fourth-order valence-corrected chi connectivity index (χ4v) is 3.09. The lowest BCUT2D eigenvalue weighted by Crippen LogP contribution is -2.21. The molecule has 122 valence electrons. The summed E-state index contributed by atoms with van der Waals surface area (Å²) >= 11 is 1.49. The first-order valence-corrected chi connectivity index (χ1v) is 9.57. The van der Waals surface area contributed by atoms with Crippen molar-refractivity contribution in [3.63, 3.8) is 0 Å². The van der Waals surface area contributed by atoms with E-state index in [1.165, 1.54) is 23.5 Å². The molecule has 0 unspecified atom stereocenters. The topological polar surface area (TPSA) is 88.5 Å². The molecule has 1 heterocycles. The lowest BCUT2D eigenvalue weighted by atomic mass is 10.1. The zero-order valence-electron chi connectivity index (χ0n) is 13.0. The van der Waals surface area contributed by atoms with Gasteiger partial charge in [0, 0.05) is 11.6 Å². The maximum atomic E-state index is 11.8. The molecule has 0 spiro atoms. The van der Waals surface area contributed by atoms with E-state index in [9.17, 15) is 13.2 Å². The summed E-state index contributed by atoms with van der Waals surface area (Å²) in [7, 11) is -3.22. The van der Waals surface area contributed by atoms with Gasteiger partial charge in [-0.3, -0.25) is 4.79 Å². The van der Waals surface area contributed by atoms with Crippen molar-refractivity contribution < 1.29 is 13.2 Å². The molecule has 0 saturated heterocycles. The molecule has 1 aromatic heterocycles. The van der Waals surface area contributed by atoms with Crippen molar-refractivity contribution in [3.05, 3.63) is 45.9 Å². The standard InChI is InChI=1S/C15H17N3O3S2/c1-10(12-4-6-14(7-5-12)23(3,20)21)17-18-15(19)8-13-9-22-11(2)16-13/h4-7,9H,8H2,1-3H3,(H,18,19)/b17-10-. The Bertz CT molecular complexity index is 837. The number of rotatable bonds is 5. The number of amides is 1. The number of thiazole rings is 1. The molecule has 8 heteroatoms. The Labute approximate surface area is 139 Å². The predicted molar refractivity (Wildman–Crippen MR) is 90.5 cm³/mol. The first-order chi connectivity index (χ1) is 10.8. The number of carbonyl (C=O) groups excluding carboxylic acids is 1. The van der Waals surface area contributed by atoms with Crippen LogP contribution >= 0.6 is 11.3 Å². The van der Waals surface area contributed by atoms with Crippen molar-refractivity contribution in [1.29, 1.82) is 0 Å². The number of nitrogens with zero attached hydrogens (tertiary/aromatic N) is 2. The van der Waals surface area contributed by atoms with Gasteiger partial charge in [0.25, 0.3) is 0 Å². The van der Waals surface area contributed by atoms with Crippen molar-refractivity contribution in [2.24, 2.45) is 5.10 Å². The highest BCUT2D eigenvalue weighted by atomic mass is 32.2. The Balaban J connectivity index is 2.00. The highest BCUT2D eigenvalue weighted by Gasteiger charge is 2.08. The number of carbonyl (C=O) groups is 1. The molecule has 0 aliphatic rings. The fraction of sp³-hybridized carbons (Fsp3) is 0.267. The van der Waals surface area contributed by atoms with E-state index in [0.717, 1.165) is 22.5 Å². The van der Waals surface area contributed by atoms with E-state index in [1.54, 1.807) is 19.1 Å². The number of aromatic nitrogens is 1. The molecule has 1 amide bonds. The molecule has 23 heavy (non-hydrogen) atoms. The molecule has 0 aliphatic carbocycles. The number of sulfone groups is 1. The van der Waals surface area contributed by atoms with Crippen LogP contribution in [0, 0.1) is 6.92 Å². The molecule has 1 N–H and O–H groups in total. The molecule has 0 fully saturated rings. The maximum Gasteiger partial charge on any atom is 0.246 e. The van der Waals surface area contributed by atoms with Crippen molar-refractivity contribution in [2.75, 3.05) is 6.26 Å². The maximum absolute atomic E-state index is 11.8. The molecule has 0 saturated carbocycles. The van der Waals surface area contributed by atoms with Gasteiger partial charge in [0.1, 0.15) is 0 Å². The second-order valence-corrected chi connectivity index (χ2v) is 8.14. The van der Waals surface area contributed by atoms with E-state index in [0.29, 0.717) is 5.71 Å². The van der Waals surface area contributed by atoms with Gasteiger partial charge in [0.05, 0.1) is 27.7 Å². The highest BCUT2D eigenvalue weighted by Crippen LogP contribution is 2.11. The average Bonchev–Trinajstić information content (AvgIpc) is 2.89. The SMILES string of the molecule is C/C(=N/NC(=O)Cc1csc(C)n1)c1ccc(S(C)(=O)=O)cc1. The molecule has 0 bridgehead atoms. The summed E-state index contributed by atoms with van der Waals surface area (Å²) in [6.07, 6.45) is 1.33. The normalized spacial score (nSPS) is 12.2. The summed E-state index contributed by atoms with van der Waals surface area (Å²) in [4.78, 5) is 16.3. The summed E-state index contributed by atoms with van der Waals surface area (Å²) in [6.45, 7) is 3.62. The van der Waals surface area contributed by atoms with Crippen LogP contribution in [0.25, 0.3) is 0 Å². The third-order valence-corrected chi connectivity index (χ3v) is 5.01. The minimum Gasteiger partial charge on any atom is -0.273 e. The molecule has 2 aromatic rings. The van der Waals surface area contributed by atoms with Gasteiger partial charge in [-0.1, -0.05) is 12.1 Å². The Morgan fingerprint density at radius 3 is 2.48 bits per heavy atom. The second-order valence-electron chi connectivity index (χ2n) is 5.06. The van der Waals surface area contributed by atoms with Crippen LogP contribution in [-0.4, -0.2) is 31.3 Å². The second kappa shape index (κ2) is 7.01. The smallest absolute Gasteiger partial charge is 0.246 e. The Hall–Kier alpha value is -2.06. The quantitative estimate of drug-likeness (QED) is 0.658. The van der Waals surface area contributed by atoms with Crippen molar-refractivity contribution in [2.45, 2.75) is 25.2 Å². The van der Waals surface area contributed by atoms with Crippen LogP contribution < -0.4 is 5.43 Å². The largest absolute Gasteiger partial charge is 0.273 e. The third kappa shape index (κ3) is 4.97. The van der Waals surface area contributed by atoms with Crippen LogP contribution in [0.5, 0.6) is 0 Å². The summed E-state index contributed by atoms with van der Waals surface area (Å²) in [6, 6.07) is 6.35. The molecule has 6 nitrogen and oxygen atoms in total. The van der Waals surface area contributed by atoms with E-state index in [1.807, 2.05) is 12.3 Å². The number of aryl methyl sites for hydroxylation is 1. The molecular weight excluding hydrogens is 334 g/mol. The van der Waals surface area contributed by atoms with Crippen LogP contribution in [0.2, 0.25) is 0 Å². The first kappa shape index (κ1) is 17.3. The summed E-state index contributed by atoms with van der Waals surface area (Å²) in [5, 5.41) is 6.79. The van der Waals surface area contributed by atoms with Gasteiger partial charge in [-0.05, 0) is 31.5 Å². The van der Waals surface area contributed by atoms with Crippen molar-refractivity contribution in [1.82, 2.24) is 10.4 Å². The minimum absolute atomic E-state index is 0.175. The van der Waals surface area contributed by atoms with E-state index >= 15 is 0 Å². The Morgan fingerprint density at radius 1 is 1.30 bits per heavy atom. The number of hydrogen-bond donors (Lipinski definition) is 1. The van der Waals surface area contributed by atoms with Crippen molar-refractivity contribution >= 4 is 32.8 Å². The highest BCUT2D eigenvalue weighted by molar-refractivity contribution is 7.90. The van der Waals surface area contributed by atoms with Gasteiger partial charge in [0.15, 0.2) is 9.84 Å². The summed E-state index contributed by atoms with van der Waals surface area (Å²) < 4.78 is 22.8. The first-order valence-electron chi connectivity index (χ1n) is 6.80. The van der Waals surface area contributed by atoms with Gasteiger partial charge >= 0.3 is 0 Å². The molecule has 2 rings (SSSR count). The van der Waals surface area contributed by atoms with Gasteiger partial charge in [-0.25, -0.2) is 18.8 Å². The third-order valence-electron chi connectivity index (χ3n) is 3.06. The van der Waals surface area contributed by atoms with Crippen molar-refractivity contribution in [3.8, 4) is 0 Å². The van der Waals surface area contributed by atoms with Gasteiger partial charge in [-0.2, -0.15) is 5.10 Å². The fourth-order valence-electron chi connectivity index (χ4n) is 1.85. The summed E-state index contributed by atoms with van der Waals surface area (Å²) in [5.41, 5.74) is 4.53. The lowest BCUT2D eigenvalue weighted by molar-refractivity contribution is -0.120. The van der Waals surface area contributed by atoms with Crippen LogP contribution in [0.4, 0.5) is 0 Å². The monoisotopic (exact) mass is 351 g/mol. The van der Waals surface area contributed by atoms with Crippen LogP contribution in [0.3, 0.4) is 0 Å².